The summed E-state index contributed by atoms with van der Waals surface area (Å²) in [6.07, 6.45) is 7.94. The second kappa shape index (κ2) is 8.01. The second-order valence-corrected chi connectivity index (χ2v) is 9.19. The first kappa shape index (κ1) is 16.6. The van der Waals surface area contributed by atoms with Gasteiger partial charge in [0.15, 0.2) is 0 Å². The van der Waals surface area contributed by atoms with Crippen molar-refractivity contribution < 1.29 is 0 Å². The molecule has 3 aliphatic heterocycles. The summed E-state index contributed by atoms with van der Waals surface area (Å²) in [5.41, 5.74) is 9.24. The number of fused-ring (bicyclic) bond motifs is 9. The Morgan fingerprint density at radius 3 is 1.12 bits per heavy atom. The highest BCUT2D eigenvalue weighted by atomic mass is 32.2. The minimum atomic E-state index is 1.14. The molecule has 0 aliphatic carbocycles. The van der Waals surface area contributed by atoms with Gasteiger partial charge in [-0.3, -0.25) is 0 Å². The number of benzene rings is 2. The fourth-order valence-electron chi connectivity index (χ4n) is 3.89. The van der Waals surface area contributed by atoms with Gasteiger partial charge >= 0.3 is 0 Å². The van der Waals surface area contributed by atoms with Crippen molar-refractivity contribution in [1.82, 2.24) is 0 Å². The molecule has 2 heteroatoms. The van der Waals surface area contributed by atoms with Crippen LogP contribution in [0.2, 0.25) is 0 Å². The highest BCUT2D eigenvalue weighted by molar-refractivity contribution is 7.98. The van der Waals surface area contributed by atoms with Gasteiger partial charge in [0.05, 0.1) is 0 Å². The lowest BCUT2D eigenvalue weighted by Gasteiger charge is -2.13. The summed E-state index contributed by atoms with van der Waals surface area (Å²) in [6, 6.07) is 14.8. The summed E-state index contributed by atoms with van der Waals surface area (Å²) >= 11 is 4.15. The van der Waals surface area contributed by atoms with Gasteiger partial charge in [0, 0.05) is 23.0 Å². The van der Waals surface area contributed by atoms with Gasteiger partial charge in [0.1, 0.15) is 0 Å². The van der Waals surface area contributed by atoms with Crippen molar-refractivity contribution >= 4 is 23.5 Å². The van der Waals surface area contributed by atoms with Crippen LogP contribution < -0.4 is 0 Å². The molecule has 5 rings (SSSR count). The molecule has 0 spiro atoms. The summed E-state index contributed by atoms with van der Waals surface area (Å²) in [4.78, 5) is 0. The molecule has 0 N–H and O–H groups in total. The maximum Gasteiger partial charge on any atom is 0.0188 e. The van der Waals surface area contributed by atoms with Crippen LogP contribution in [-0.4, -0.2) is 0 Å². The minimum Gasteiger partial charge on any atom is -0.152 e. The second-order valence-electron chi connectivity index (χ2n) is 7.22. The topological polar surface area (TPSA) is 0 Å². The van der Waals surface area contributed by atoms with Crippen LogP contribution in [0.5, 0.6) is 0 Å². The van der Waals surface area contributed by atoms with Crippen molar-refractivity contribution in [2.75, 3.05) is 0 Å². The van der Waals surface area contributed by atoms with Crippen LogP contribution in [0.15, 0.2) is 36.4 Å². The Morgan fingerprint density at radius 2 is 0.750 bits per heavy atom. The molecule has 0 nitrogen and oxygen atoms in total. The SMILES string of the molecule is c1c2cc3cc1CSCc1cc(cc(c1)CSC3)CCCCCC2. The van der Waals surface area contributed by atoms with Gasteiger partial charge < -0.3 is 0 Å². The minimum absolute atomic E-state index is 1.14. The monoisotopic (exact) mass is 354 g/mol. The number of aryl methyl sites for hydroxylation is 2. The van der Waals surface area contributed by atoms with E-state index in [1.807, 2.05) is 0 Å². The smallest absolute Gasteiger partial charge is 0.0188 e. The first-order valence-electron chi connectivity index (χ1n) is 9.24. The molecule has 6 bridgehead atoms. The van der Waals surface area contributed by atoms with Crippen LogP contribution in [0.1, 0.15) is 59.1 Å². The number of hydrogen-bond acceptors (Lipinski definition) is 2. The lowest BCUT2D eigenvalue weighted by atomic mass is 9.99. The van der Waals surface area contributed by atoms with E-state index in [0.717, 1.165) is 23.0 Å². The van der Waals surface area contributed by atoms with E-state index in [1.54, 1.807) is 11.1 Å². The van der Waals surface area contributed by atoms with E-state index in [1.165, 1.54) is 60.8 Å². The summed E-state index contributed by atoms with van der Waals surface area (Å²) < 4.78 is 0. The third-order valence-corrected chi connectivity index (χ3v) is 7.13. The molecule has 2 aromatic carbocycles. The number of hydrogen-bond donors (Lipinski definition) is 0. The van der Waals surface area contributed by atoms with Crippen LogP contribution in [0.4, 0.5) is 0 Å². The van der Waals surface area contributed by atoms with Crippen LogP contribution in [0.25, 0.3) is 0 Å². The van der Waals surface area contributed by atoms with Gasteiger partial charge in [-0.05, 0) is 59.1 Å². The van der Waals surface area contributed by atoms with Crippen LogP contribution >= 0.6 is 23.5 Å². The Kier molecular flexibility index (Phi) is 5.54. The first-order chi connectivity index (χ1) is 11.8. The largest absolute Gasteiger partial charge is 0.152 e. The predicted octanol–water partition coefficient (Wildman–Crippen LogP) is 6.53. The zero-order valence-corrected chi connectivity index (χ0v) is 16.0. The molecular weight excluding hydrogens is 328 g/mol. The van der Waals surface area contributed by atoms with Gasteiger partial charge in [-0.25, -0.2) is 0 Å². The summed E-state index contributed by atoms with van der Waals surface area (Å²) in [6.45, 7) is 0. The third-order valence-electron chi connectivity index (χ3n) is 4.98. The number of rotatable bonds is 0. The molecule has 0 atom stereocenters. The molecule has 0 aromatic heterocycles. The lowest BCUT2D eigenvalue weighted by Crippen LogP contribution is -1.96. The maximum atomic E-state index is 2.47. The molecule has 126 valence electrons. The molecule has 0 saturated heterocycles. The van der Waals surface area contributed by atoms with Crippen molar-refractivity contribution in [3.63, 3.8) is 0 Å². The standard InChI is InChI=1S/C22H26S2/c1-2-4-6-18-9-21-12-22(10-18)16-24-14-20-8-17(5-3-1)7-19(11-20)13-23-15-21/h7-12H,1-6,13-16H2. The van der Waals surface area contributed by atoms with E-state index in [0.29, 0.717) is 0 Å². The highest BCUT2D eigenvalue weighted by Gasteiger charge is 2.08. The van der Waals surface area contributed by atoms with Gasteiger partial charge in [-0.1, -0.05) is 49.2 Å². The zero-order valence-electron chi connectivity index (χ0n) is 14.4. The molecule has 0 unspecified atom stereocenters. The molecule has 0 radical (unpaired) electrons. The molecule has 0 saturated carbocycles. The zero-order chi connectivity index (χ0) is 16.2. The van der Waals surface area contributed by atoms with Gasteiger partial charge in [0.2, 0.25) is 0 Å². The molecule has 2 aromatic rings. The van der Waals surface area contributed by atoms with Crippen LogP contribution in [0, 0.1) is 0 Å². The first-order valence-corrected chi connectivity index (χ1v) is 11.5. The van der Waals surface area contributed by atoms with Crippen molar-refractivity contribution in [3.8, 4) is 0 Å². The normalized spacial score (nSPS) is 18.5. The molecule has 3 aliphatic rings. The fourth-order valence-corrected chi connectivity index (χ4v) is 5.70. The van der Waals surface area contributed by atoms with Crippen LogP contribution in [-0.2, 0) is 35.9 Å². The third kappa shape index (κ3) is 4.40. The van der Waals surface area contributed by atoms with E-state index in [4.69, 9.17) is 0 Å². The van der Waals surface area contributed by atoms with E-state index in [2.05, 4.69) is 59.9 Å². The highest BCUT2D eigenvalue weighted by Crippen LogP contribution is 2.28. The quantitative estimate of drug-likeness (QED) is 0.528. The molecule has 3 heterocycles. The van der Waals surface area contributed by atoms with Gasteiger partial charge in [-0.2, -0.15) is 23.5 Å². The van der Waals surface area contributed by atoms with E-state index in [-0.39, 0.29) is 0 Å². The molecule has 0 amide bonds. The Balaban J connectivity index is 1.71. The summed E-state index contributed by atoms with van der Waals surface area (Å²) in [5.74, 6) is 4.58. The lowest BCUT2D eigenvalue weighted by molar-refractivity contribution is 0.640. The Labute approximate surface area is 154 Å². The average molecular weight is 355 g/mol. The number of thioether (sulfide) groups is 2. The maximum absolute atomic E-state index is 2.47. The summed E-state index contributed by atoms with van der Waals surface area (Å²) in [7, 11) is 0. The average Bonchev–Trinajstić information content (AvgIpc) is 2.57. The predicted molar refractivity (Wildman–Crippen MR) is 109 cm³/mol. The van der Waals surface area contributed by atoms with Crippen molar-refractivity contribution in [1.29, 1.82) is 0 Å². The van der Waals surface area contributed by atoms with E-state index >= 15 is 0 Å². The van der Waals surface area contributed by atoms with Crippen molar-refractivity contribution in [2.45, 2.75) is 61.5 Å². The molecule has 24 heavy (non-hydrogen) atoms. The Morgan fingerprint density at radius 1 is 0.417 bits per heavy atom. The summed E-state index contributed by atoms with van der Waals surface area (Å²) in [5, 5.41) is 0. The van der Waals surface area contributed by atoms with Crippen molar-refractivity contribution in [2.24, 2.45) is 0 Å². The Hall–Kier alpha value is -0.860. The van der Waals surface area contributed by atoms with Gasteiger partial charge in [-0.15, -0.1) is 0 Å². The van der Waals surface area contributed by atoms with E-state index < -0.39 is 0 Å². The van der Waals surface area contributed by atoms with Crippen molar-refractivity contribution in [3.05, 3.63) is 69.8 Å². The molecular formula is C22H26S2. The van der Waals surface area contributed by atoms with Crippen LogP contribution in [0.3, 0.4) is 0 Å². The Bertz CT molecular complexity index is 599. The van der Waals surface area contributed by atoms with Gasteiger partial charge in [0.25, 0.3) is 0 Å². The fraction of sp³-hybridized carbons (Fsp3) is 0.455. The molecule has 0 fully saturated rings. The van der Waals surface area contributed by atoms with E-state index in [9.17, 15) is 0 Å².